The number of carboxylic acid groups (broad SMARTS) is 1. The second-order valence-electron chi connectivity index (χ2n) is 12.6. The van der Waals surface area contributed by atoms with Gasteiger partial charge in [-0.3, -0.25) is 4.90 Å². The zero-order valence-corrected chi connectivity index (χ0v) is 26.7. The molecule has 3 aliphatic rings. The Morgan fingerprint density at radius 3 is 2.37 bits per heavy atom. The molecule has 4 aromatic rings. The number of aryl methyl sites for hydroxylation is 2. The Balaban J connectivity index is 1.24. The SMILES string of the molecule is O=C(O)c1c(CCCOc2cccc3c2CCCC3)c2cccc(-c3ccccc3N3CCOCC3)c2n1CCN1CCOCC1. The average molecular weight is 624 g/mol. The fraction of sp³-hybridized carbons (Fsp3) is 0.447. The second kappa shape index (κ2) is 14.3. The second-order valence-corrected chi connectivity index (χ2v) is 12.6. The van der Waals surface area contributed by atoms with E-state index in [1.54, 1.807) is 0 Å². The van der Waals surface area contributed by atoms with Gasteiger partial charge in [-0.15, -0.1) is 0 Å². The largest absolute Gasteiger partial charge is 0.493 e. The Kier molecular flexibility index (Phi) is 9.56. The van der Waals surface area contributed by atoms with Crippen LogP contribution in [-0.2, 0) is 35.3 Å². The van der Waals surface area contributed by atoms with Gasteiger partial charge in [-0.1, -0.05) is 48.5 Å². The lowest BCUT2D eigenvalue weighted by Gasteiger charge is -2.31. The third kappa shape index (κ3) is 6.39. The monoisotopic (exact) mass is 623 g/mol. The van der Waals surface area contributed by atoms with Crippen molar-refractivity contribution in [3.63, 3.8) is 0 Å². The summed E-state index contributed by atoms with van der Waals surface area (Å²) in [6.45, 7) is 8.15. The van der Waals surface area contributed by atoms with Crippen molar-refractivity contribution >= 4 is 22.6 Å². The van der Waals surface area contributed by atoms with Gasteiger partial charge in [0.25, 0.3) is 0 Å². The van der Waals surface area contributed by atoms with Crippen molar-refractivity contribution < 1.29 is 24.1 Å². The average Bonchev–Trinajstić information content (AvgIpc) is 3.43. The Labute approximate surface area is 271 Å². The van der Waals surface area contributed by atoms with E-state index in [9.17, 15) is 9.90 Å². The number of carbonyl (C=O) groups is 1. The molecule has 242 valence electrons. The summed E-state index contributed by atoms with van der Waals surface area (Å²) < 4.78 is 19.7. The van der Waals surface area contributed by atoms with Gasteiger partial charge < -0.3 is 28.8 Å². The van der Waals surface area contributed by atoms with Crippen molar-refractivity contribution in [2.75, 3.05) is 70.7 Å². The summed E-state index contributed by atoms with van der Waals surface area (Å²) >= 11 is 0. The van der Waals surface area contributed by atoms with Crippen LogP contribution in [-0.4, -0.2) is 86.3 Å². The molecule has 0 bridgehead atoms. The summed E-state index contributed by atoms with van der Waals surface area (Å²) in [6, 6.07) is 21.3. The third-order valence-electron chi connectivity index (χ3n) is 9.86. The van der Waals surface area contributed by atoms with Crippen molar-refractivity contribution in [2.45, 2.75) is 45.1 Å². The first-order valence-corrected chi connectivity index (χ1v) is 17.0. The van der Waals surface area contributed by atoms with E-state index in [1.807, 2.05) is 0 Å². The number of hydrogen-bond donors (Lipinski definition) is 1. The summed E-state index contributed by atoms with van der Waals surface area (Å²) in [5.74, 6) is 0.115. The number of para-hydroxylation sites is 2. The molecule has 3 heterocycles. The molecule has 0 amide bonds. The number of anilines is 1. The van der Waals surface area contributed by atoms with E-state index in [-0.39, 0.29) is 0 Å². The summed E-state index contributed by atoms with van der Waals surface area (Å²) in [7, 11) is 0. The smallest absolute Gasteiger partial charge is 0.352 e. The first kappa shape index (κ1) is 30.8. The molecule has 0 unspecified atom stereocenters. The van der Waals surface area contributed by atoms with Crippen molar-refractivity contribution in [3.05, 3.63) is 83.0 Å². The van der Waals surface area contributed by atoms with E-state index < -0.39 is 5.97 Å². The molecule has 7 rings (SSSR count). The van der Waals surface area contributed by atoms with E-state index >= 15 is 0 Å². The number of aromatic nitrogens is 1. The molecule has 2 fully saturated rings. The van der Waals surface area contributed by atoms with Gasteiger partial charge in [0, 0.05) is 61.5 Å². The van der Waals surface area contributed by atoms with Crippen LogP contribution in [0.1, 0.15) is 46.4 Å². The molecule has 0 radical (unpaired) electrons. The van der Waals surface area contributed by atoms with E-state index in [1.165, 1.54) is 24.0 Å². The zero-order valence-electron chi connectivity index (χ0n) is 26.7. The van der Waals surface area contributed by atoms with Gasteiger partial charge in [0.15, 0.2) is 0 Å². The fourth-order valence-corrected chi connectivity index (χ4v) is 7.58. The molecular formula is C38H45N3O5. The fourth-order valence-electron chi connectivity index (χ4n) is 7.58. The minimum absolute atomic E-state index is 0.400. The number of carboxylic acids is 1. The highest BCUT2D eigenvalue weighted by Crippen LogP contribution is 2.39. The molecule has 46 heavy (non-hydrogen) atoms. The highest BCUT2D eigenvalue weighted by Gasteiger charge is 2.26. The van der Waals surface area contributed by atoms with Crippen LogP contribution in [0.4, 0.5) is 5.69 Å². The lowest BCUT2D eigenvalue weighted by Crippen LogP contribution is -2.38. The molecule has 0 saturated carbocycles. The number of benzene rings is 3. The Morgan fingerprint density at radius 1 is 0.804 bits per heavy atom. The Bertz CT molecular complexity index is 1670. The molecule has 8 nitrogen and oxygen atoms in total. The third-order valence-corrected chi connectivity index (χ3v) is 9.86. The van der Waals surface area contributed by atoms with Crippen LogP contribution >= 0.6 is 0 Å². The number of hydrogen-bond acceptors (Lipinski definition) is 6. The number of rotatable bonds is 11. The van der Waals surface area contributed by atoms with E-state index in [0.717, 1.165) is 91.0 Å². The van der Waals surface area contributed by atoms with Gasteiger partial charge in [-0.05, 0) is 67.3 Å². The Hall–Kier alpha value is -3.85. The van der Waals surface area contributed by atoms with E-state index in [4.69, 9.17) is 14.2 Å². The lowest BCUT2D eigenvalue weighted by molar-refractivity contribution is 0.0362. The predicted octanol–water partition coefficient (Wildman–Crippen LogP) is 6.07. The number of fused-ring (bicyclic) bond motifs is 2. The molecular weight excluding hydrogens is 578 g/mol. The van der Waals surface area contributed by atoms with Crippen molar-refractivity contribution in [3.8, 4) is 16.9 Å². The molecule has 0 spiro atoms. The zero-order chi connectivity index (χ0) is 31.3. The van der Waals surface area contributed by atoms with Crippen molar-refractivity contribution in [2.24, 2.45) is 0 Å². The van der Waals surface area contributed by atoms with Crippen LogP contribution in [0.2, 0.25) is 0 Å². The predicted molar refractivity (Wildman–Crippen MR) is 182 cm³/mol. The lowest BCUT2D eigenvalue weighted by atomic mass is 9.91. The van der Waals surface area contributed by atoms with Crippen LogP contribution in [0.3, 0.4) is 0 Å². The molecule has 8 heteroatoms. The highest BCUT2D eigenvalue weighted by molar-refractivity contribution is 6.05. The molecule has 3 aromatic carbocycles. The number of aromatic carboxylic acids is 1. The summed E-state index contributed by atoms with van der Waals surface area (Å²) in [5.41, 5.74) is 8.42. The first-order chi connectivity index (χ1) is 22.7. The molecule has 1 N–H and O–H groups in total. The van der Waals surface area contributed by atoms with Crippen LogP contribution in [0, 0.1) is 0 Å². The van der Waals surface area contributed by atoms with Crippen LogP contribution in [0.25, 0.3) is 22.0 Å². The minimum atomic E-state index is -0.876. The molecule has 2 aliphatic heterocycles. The maximum atomic E-state index is 13.1. The minimum Gasteiger partial charge on any atom is -0.493 e. The summed E-state index contributed by atoms with van der Waals surface area (Å²) in [6.07, 6.45) is 6.00. The van der Waals surface area contributed by atoms with Gasteiger partial charge in [0.2, 0.25) is 0 Å². The number of morpholine rings is 2. The van der Waals surface area contributed by atoms with Crippen molar-refractivity contribution in [1.29, 1.82) is 0 Å². The van der Waals surface area contributed by atoms with E-state index in [2.05, 4.69) is 75.0 Å². The number of nitrogens with zero attached hydrogens (tertiary/aromatic N) is 3. The van der Waals surface area contributed by atoms with Crippen LogP contribution < -0.4 is 9.64 Å². The van der Waals surface area contributed by atoms with Gasteiger partial charge in [-0.25, -0.2) is 4.79 Å². The quantitative estimate of drug-likeness (QED) is 0.204. The maximum absolute atomic E-state index is 13.1. The van der Waals surface area contributed by atoms with Gasteiger partial charge in [-0.2, -0.15) is 0 Å². The van der Waals surface area contributed by atoms with Crippen LogP contribution in [0.15, 0.2) is 60.7 Å². The van der Waals surface area contributed by atoms with Gasteiger partial charge in [0.1, 0.15) is 11.4 Å². The van der Waals surface area contributed by atoms with Gasteiger partial charge in [0.05, 0.1) is 38.6 Å². The molecule has 1 aliphatic carbocycles. The topological polar surface area (TPSA) is 76.4 Å². The molecule has 2 saturated heterocycles. The summed E-state index contributed by atoms with van der Waals surface area (Å²) in [5, 5.41) is 11.8. The van der Waals surface area contributed by atoms with E-state index in [0.29, 0.717) is 51.7 Å². The Morgan fingerprint density at radius 2 is 1.54 bits per heavy atom. The summed E-state index contributed by atoms with van der Waals surface area (Å²) in [4.78, 5) is 17.9. The van der Waals surface area contributed by atoms with Gasteiger partial charge >= 0.3 is 5.97 Å². The number of ether oxygens (including phenoxy) is 3. The molecule has 0 atom stereocenters. The normalized spacial score (nSPS) is 17.3. The maximum Gasteiger partial charge on any atom is 0.352 e. The molecule has 1 aromatic heterocycles. The van der Waals surface area contributed by atoms with Crippen molar-refractivity contribution in [1.82, 2.24) is 9.47 Å². The standard InChI is InChI=1S/C38H45N3O5/c42-38(43)37-33(14-7-23-46-35-16-5-9-28-8-1-2-10-29(28)35)32-13-6-12-31(36(32)41(37)18-17-39-19-24-44-25-20-39)30-11-3-4-15-34(30)40-21-26-45-27-22-40/h3-6,9,11-13,15-16H,1-2,7-8,10,14,17-27H2,(H,42,43). The first-order valence-electron chi connectivity index (χ1n) is 17.0. The highest BCUT2D eigenvalue weighted by atomic mass is 16.5. The van der Waals surface area contributed by atoms with Crippen LogP contribution in [0.5, 0.6) is 5.75 Å².